The topological polar surface area (TPSA) is 69.9 Å². The number of esters is 1. The number of nitrogens with zero attached hydrogens (tertiary/aromatic N) is 2. The minimum Gasteiger partial charge on any atom is -0.457 e. The van der Waals surface area contributed by atoms with Gasteiger partial charge in [0.2, 0.25) is 0 Å². The van der Waals surface area contributed by atoms with Gasteiger partial charge in [-0.2, -0.15) is 0 Å². The molecule has 0 bridgehead atoms. The third kappa shape index (κ3) is 3.64. The Bertz CT molecular complexity index is 684. The van der Waals surface area contributed by atoms with Crippen LogP contribution in [0.25, 0.3) is 5.65 Å². The molecule has 0 atom stereocenters. The summed E-state index contributed by atoms with van der Waals surface area (Å²) in [5, 5.41) is 0. The lowest BCUT2D eigenvalue weighted by atomic mass is 10.4. The smallest absolute Gasteiger partial charge is 0.332 e. The van der Waals surface area contributed by atoms with E-state index in [1.54, 1.807) is 25.3 Å². The number of halogens is 1. The first-order valence-corrected chi connectivity index (χ1v) is 6.80. The van der Waals surface area contributed by atoms with Gasteiger partial charge in [-0.15, -0.1) is 0 Å². The van der Waals surface area contributed by atoms with E-state index in [2.05, 4.69) is 20.9 Å². The summed E-state index contributed by atoms with van der Waals surface area (Å²) < 4.78 is 12.1. The second-order valence-corrected chi connectivity index (χ2v) is 4.87. The maximum absolute atomic E-state index is 11.9. The van der Waals surface area contributed by atoms with Gasteiger partial charge in [0.15, 0.2) is 0 Å². The van der Waals surface area contributed by atoms with Crippen LogP contribution in [0.15, 0.2) is 33.7 Å². The third-order valence-corrected chi connectivity index (χ3v) is 2.95. The van der Waals surface area contributed by atoms with Crippen molar-refractivity contribution < 1.29 is 14.3 Å². The Labute approximate surface area is 123 Å². The molecule has 0 spiro atoms. The monoisotopic (exact) mass is 340 g/mol. The molecule has 2 aromatic rings. The standard InChI is InChI=1S/C13H13BrN2O4/c1-2-19-8-13(18)20-7-10-5-12(17)16-6-9(14)3-4-11(16)15-10/h3-6H,2,7-8H2,1H3. The molecule has 0 saturated carbocycles. The van der Waals surface area contributed by atoms with Crippen LogP contribution in [0.1, 0.15) is 12.6 Å². The van der Waals surface area contributed by atoms with Crippen LogP contribution in [-0.4, -0.2) is 28.6 Å². The summed E-state index contributed by atoms with van der Waals surface area (Å²) in [5.41, 5.74) is 0.672. The molecule has 0 aliphatic heterocycles. The van der Waals surface area contributed by atoms with Gasteiger partial charge in [-0.1, -0.05) is 0 Å². The number of pyridine rings is 1. The van der Waals surface area contributed by atoms with E-state index in [-0.39, 0.29) is 18.8 Å². The highest BCUT2D eigenvalue weighted by molar-refractivity contribution is 9.10. The second kappa shape index (κ2) is 6.62. The SMILES string of the molecule is CCOCC(=O)OCc1cc(=O)n2cc(Br)ccc2n1. The molecule has 2 heterocycles. The lowest BCUT2D eigenvalue weighted by Crippen LogP contribution is -2.17. The van der Waals surface area contributed by atoms with Crippen LogP contribution in [0.4, 0.5) is 0 Å². The highest BCUT2D eigenvalue weighted by Crippen LogP contribution is 2.09. The summed E-state index contributed by atoms with van der Waals surface area (Å²) in [5.74, 6) is -0.482. The normalized spacial score (nSPS) is 10.7. The predicted molar refractivity (Wildman–Crippen MR) is 75.5 cm³/mol. The zero-order valence-electron chi connectivity index (χ0n) is 10.8. The van der Waals surface area contributed by atoms with Crippen molar-refractivity contribution in [1.29, 1.82) is 0 Å². The third-order valence-electron chi connectivity index (χ3n) is 2.48. The Kier molecular flexibility index (Phi) is 4.86. The molecule has 2 rings (SSSR count). The van der Waals surface area contributed by atoms with Crippen molar-refractivity contribution in [2.45, 2.75) is 13.5 Å². The van der Waals surface area contributed by atoms with Gasteiger partial charge in [0.05, 0.1) is 5.69 Å². The van der Waals surface area contributed by atoms with Gasteiger partial charge in [0, 0.05) is 23.3 Å². The maximum Gasteiger partial charge on any atom is 0.332 e. The first-order valence-electron chi connectivity index (χ1n) is 6.01. The largest absolute Gasteiger partial charge is 0.457 e. The number of hydrogen-bond donors (Lipinski definition) is 0. The Hall–Kier alpha value is -1.73. The number of hydrogen-bond acceptors (Lipinski definition) is 5. The molecule has 0 radical (unpaired) electrons. The van der Waals surface area contributed by atoms with Crippen molar-refractivity contribution in [3.8, 4) is 0 Å². The number of aromatic nitrogens is 2. The molecule has 0 unspecified atom stereocenters. The molecule has 2 aromatic heterocycles. The van der Waals surface area contributed by atoms with Gasteiger partial charge in [-0.25, -0.2) is 9.78 Å². The van der Waals surface area contributed by atoms with E-state index >= 15 is 0 Å². The van der Waals surface area contributed by atoms with Crippen LogP contribution in [-0.2, 0) is 20.9 Å². The molecule has 7 heteroatoms. The summed E-state index contributed by atoms with van der Waals surface area (Å²) >= 11 is 3.29. The van der Waals surface area contributed by atoms with Crippen molar-refractivity contribution in [2.75, 3.05) is 13.2 Å². The minimum atomic E-state index is -0.482. The fourth-order valence-corrected chi connectivity index (χ4v) is 1.92. The van der Waals surface area contributed by atoms with Gasteiger partial charge in [-0.3, -0.25) is 9.20 Å². The first kappa shape index (κ1) is 14.7. The van der Waals surface area contributed by atoms with Crippen molar-refractivity contribution in [1.82, 2.24) is 9.38 Å². The van der Waals surface area contributed by atoms with Gasteiger partial charge in [-0.05, 0) is 35.0 Å². The average Bonchev–Trinajstić information content (AvgIpc) is 2.43. The van der Waals surface area contributed by atoms with Gasteiger partial charge < -0.3 is 9.47 Å². The van der Waals surface area contributed by atoms with Crippen LogP contribution in [0.3, 0.4) is 0 Å². The van der Waals surface area contributed by atoms with E-state index in [0.29, 0.717) is 17.9 Å². The number of carbonyl (C=O) groups is 1. The summed E-state index contributed by atoms with van der Waals surface area (Å²) in [7, 11) is 0. The highest BCUT2D eigenvalue weighted by atomic mass is 79.9. The summed E-state index contributed by atoms with van der Waals surface area (Å²) in [6.45, 7) is 2.08. The number of rotatable bonds is 5. The quantitative estimate of drug-likeness (QED) is 0.772. The molecule has 0 aliphatic carbocycles. The lowest BCUT2D eigenvalue weighted by Gasteiger charge is -2.06. The van der Waals surface area contributed by atoms with E-state index in [4.69, 9.17) is 9.47 Å². The van der Waals surface area contributed by atoms with Crippen LogP contribution >= 0.6 is 15.9 Å². The Morgan fingerprint density at radius 3 is 3.00 bits per heavy atom. The molecule has 106 valence electrons. The Balaban J connectivity index is 2.14. The molecule has 6 nitrogen and oxygen atoms in total. The van der Waals surface area contributed by atoms with E-state index in [9.17, 15) is 9.59 Å². The highest BCUT2D eigenvalue weighted by Gasteiger charge is 2.06. The van der Waals surface area contributed by atoms with E-state index in [0.717, 1.165) is 4.47 Å². The molecular formula is C13H13BrN2O4. The molecule has 0 fully saturated rings. The molecule has 0 saturated heterocycles. The van der Waals surface area contributed by atoms with Crippen molar-refractivity contribution in [3.05, 3.63) is 44.9 Å². The molecule has 0 aromatic carbocycles. The van der Waals surface area contributed by atoms with Crippen molar-refractivity contribution in [3.63, 3.8) is 0 Å². The first-order chi connectivity index (χ1) is 9.60. The predicted octanol–water partition coefficient (Wildman–Crippen LogP) is 1.54. The fraction of sp³-hybridized carbons (Fsp3) is 0.308. The van der Waals surface area contributed by atoms with E-state index < -0.39 is 5.97 Å². The molecule has 0 aliphatic rings. The van der Waals surface area contributed by atoms with Crippen LogP contribution in [0.2, 0.25) is 0 Å². The minimum absolute atomic E-state index is 0.0479. The van der Waals surface area contributed by atoms with Crippen LogP contribution in [0.5, 0.6) is 0 Å². The number of ether oxygens (including phenoxy) is 2. The zero-order valence-corrected chi connectivity index (χ0v) is 12.4. The van der Waals surface area contributed by atoms with E-state index in [1.807, 2.05) is 0 Å². The number of fused-ring (bicyclic) bond motifs is 1. The molecular weight excluding hydrogens is 328 g/mol. The van der Waals surface area contributed by atoms with Crippen molar-refractivity contribution in [2.24, 2.45) is 0 Å². The molecule has 0 N–H and O–H groups in total. The lowest BCUT2D eigenvalue weighted by molar-refractivity contribution is -0.150. The summed E-state index contributed by atoms with van der Waals surface area (Å²) in [6.07, 6.45) is 1.63. The molecule has 20 heavy (non-hydrogen) atoms. The van der Waals surface area contributed by atoms with Gasteiger partial charge >= 0.3 is 5.97 Å². The zero-order chi connectivity index (χ0) is 14.5. The van der Waals surface area contributed by atoms with E-state index in [1.165, 1.54) is 10.5 Å². The molecule has 0 amide bonds. The van der Waals surface area contributed by atoms with Gasteiger partial charge in [0.25, 0.3) is 5.56 Å². The van der Waals surface area contributed by atoms with Gasteiger partial charge in [0.1, 0.15) is 18.9 Å². The maximum atomic E-state index is 11.9. The summed E-state index contributed by atoms with van der Waals surface area (Å²) in [4.78, 5) is 27.5. The fourth-order valence-electron chi connectivity index (χ4n) is 1.58. The van der Waals surface area contributed by atoms with Crippen LogP contribution in [0, 0.1) is 0 Å². The second-order valence-electron chi connectivity index (χ2n) is 3.96. The van der Waals surface area contributed by atoms with Crippen molar-refractivity contribution >= 4 is 27.5 Å². The average molecular weight is 341 g/mol. The Morgan fingerprint density at radius 2 is 2.25 bits per heavy atom. The summed E-state index contributed by atoms with van der Waals surface area (Å²) in [6, 6.07) is 4.83. The number of carbonyl (C=O) groups excluding carboxylic acids is 1. The van der Waals surface area contributed by atoms with Crippen LogP contribution < -0.4 is 5.56 Å². The Morgan fingerprint density at radius 1 is 1.45 bits per heavy atom.